The van der Waals surface area contributed by atoms with Crippen molar-refractivity contribution in [1.29, 1.82) is 0 Å². The molecule has 110 valence electrons. The van der Waals surface area contributed by atoms with Crippen LogP contribution in [0.4, 0.5) is 5.95 Å². The maximum Gasteiger partial charge on any atom is 0.265 e. The van der Waals surface area contributed by atoms with Gasteiger partial charge in [-0.05, 0) is 18.9 Å². The molecule has 1 amide bonds. The monoisotopic (exact) mass is 303 g/mol. The number of rotatable bonds is 3. The minimum atomic E-state index is -0.000687. The molecule has 0 bridgehead atoms. The predicted octanol–water partition coefficient (Wildman–Crippen LogP) is 1.98. The van der Waals surface area contributed by atoms with Crippen LogP contribution in [0.5, 0.6) is 0 Å². The van der Waals surface area contributed by atoms with E-state index in [1.165, 1.54) is 11.3 Å². The fourth-order valence-electron chi connectivity index (χ4n) is 2.46. The van der Waals surface area contributed by atoms with Crippen LogP contribution < -0.4 is 4.90 Å². The van der Waals surface area contributed by atoms with Crippen molar-refractivity contribution < 1.29 is 4.79 Å². The smallest absolute Gasteiger partial charge is 0.265 e. The Balaban J connectivity index is 1.84. The van der Waals surface area contributed by atoms with Gasteiger partial charge in [-0.1, -0.05) is 0 Å². The summed E-state index contributed by atoms with van der Waals surface area (Å²) in [6.45, 7) is 0.922. The lowest BCUT2D eigenvalue weighted by atomic mass is 10.2. The van der Waals surface area contributed by atoms with Gasteiger partial charge in [0.2, 0.25) is 5.95 Å². The molecular formula is C14H17N5OS. The van der Waals surface area contributed by atoms with E-state index < -0.39 is 0 Å². The largest absolute Gasteiger partial charge is 0.344 e. The zero-order valence-electron chi connectivity index (χ0n) is 12.1. The summed E-state index contributed by atoms with van der Waals surface area (Å²) in [6.07, 6.45) is 7.27. The molecule has 7 heteroatoms. The first-order chi connectivity index (χ1) is 10.2. The third-order valence-electron chi connectivity index (χ3n) is 3.49. The highest BCUT2D eigenvalue weighted by Crippen LogP contribution is 2.36. The van der Waals surface area contributed by atoms with Crippen molar-refractivity contribution in [3.8, 4) is 0 Å². The highest BCUT2D eigenvalue weighted by molar-refractivity contribution is 7.13. The Morgan fingerprint density at radius 2 is 2.10 bits per heavy atom. The molecule has 1 fully saturated rings. The zero-order valence-corrected chi connectivity index (χ0v) is 12.9. The molecule has 2 aromatic rings. The van der Waals surface area contributed by atoms with Crippen molar-refractivity contribution in [2.75, 3.05) is 25.5 Å². The van der Waals surface area contributed by atoms with Gasteiger partial charge < -0.3 is 9.80 Å². The van der Waals surface area contributed by atoms with E-state index in [1.807, 2.05) is 6.07 Å². The Labute approximate surface area is 127 Å². The van der Waals surface area contributed by atoms with Gasteiger partial charge in [-0.15, -0.1) is 11.3 Å². The Hall–Kier alpha value is -2.02. The first kappa shape index (κ1) is 13.9. The minimum Gasteiger partial charge on any atom is -0.344 e. The molecule has 0 N–H and O–H groups in total. The van der Waals surface area contributed by atoms with Crippen LogP contribution in [0.3, 0.4) is 0 Å². The van der Waals surface area contributed by atoms with E-state index in [-0.39, 0.29) is 11.9 Å². The molecule has 1 aliphatic heterocycles. The van der Waals surface area contributed by atoms with E-state index in [2.05, 4.69) is 19.9 Å². The Kier molecular flexibility index (Phi) is 3.83. The normalized spacial score (nSPS) is 18.0. The third-order valence-corrected chi connectivity index (χ3v) is 4.57. The molecule has 0 aliphatic carbocycles. The van der Waals surface area contributed by atoms with E-state index in [9.17, 15) is 4.79 Å². The van der Waals surface area contributed by atoms with Crippen LogP contribution in [0.1, 0.15) is 33.6 Å². The summed E-state index contributed by atoms with van der Waals surface area (Å²) in [4.78, 5) is 29.5. The number of thiazole rings is 1. The fraction of sp³-hybridized carbons (Fsp3) is 0.429. The Bertz CT molecular complexity index is 627. The lowest BCUT2D eigenvalue weighted by Crippen LogP contribution is -2.24. The molecule has 3 rings (SSSR count). The van der Waals surface area contributed by atoms with Gasteiger partial charge in [0.1, 0.15) is 9.88 Å². The summed E-state index contributed by atoms with van der Waals surface area (Å²) in [5.74, 6) is 0.731. The van der Waals surface area contributed by atoms with Gasteiger partial charge in [0.15, 0.2) is 0 Å². The fourth-order valence-corrected chi connectivity index (χ4v) is 3.55. The average molecular weight is 303 g/mol. The van der Waals surface area contributed by atoms with Gasteiger partial charge in [-0.25, -0.2) is 15.0 Å². The van der Waals surface area contributed by atoms with Crippen molar-refractivity contribution in [3.63, 3.8) is 0 Å². The minimum absolute atomic E-state index is 0.000687. The maximum absolute atomic E-state index is 12.0. The number of amides is 1. The first-order valence-electron chi connectivity index (χ1n) is 6.88. The van der Waals surface area contributed by atoms with Crippen molar-refractivity contribution in [2.24, 2.45) is 0 Å². The molecule has 0 spiro atoms. The van der Waals surface area contributed by atoms with Crippen molar-refractivity contribution in [1.82, 2.24) is 19.9 Å². The molecule has 0 radical (unpaired) electrons. The number of anilines is 1. The third kappa shape index (κ3) is 2.73. The van der Waals surface area contributed by atoms with Crippen molar-refractivity contribution >= 4 is 23.2 Å². The van der Waals surface area contributed by atoms with Gasteiger partial charge in [-0.3, -0.25) is 4.79 Å². The quantitative estimate of drug-likeness (QED) is 0.867. The number of carbonyl (C=O) groups is 1. The molecule has 21 heavy (non-hydrogen) atoms. The van der Waals surface area contributed by atoms with Crippen molar-refractivity contribution in [2.45, 2.75) is 18.9 Å². The SMILES string of the molecule is CN(C)C(=O)c1cnc([C@@H]2CCCN2c2ncccn2)s1. The zero-order chi connectivity index (χ0) is 14.8. The van der Waals surface area contributed by atoms with Crippen LogP contribution in [0.25, 0.3) is 0 Å². The molecule has 1 saturated heterocycles. The topological polar surface area (TPSA) is 62.2 Å². The van der Waals surface area contributed by atoms with E-state index in [0.717, 1.165) is 30.3 Å². The van der Waals surface area contributed by atoms with Gasteiger partial charge >= 0.3 is 0 Å². The summed E-state index contributed by atoms with van der Waals surface area (Å²) in [5, 5.41) is 0.963. The lowest BCUT2D eigenvalue weighted by molar-refractivity contribution is 0.0832. The van der Waals surface area contributed by atoms with Gasteiger partial charge in [0, 0.05) is 33.0 Å². The highest BCUT2D eigenvalue weighted by atomic mass is 32.1. The van der Waals surface area contributed by atoms with Crippen molar-refractivity contribution in [3.05, 3.63) is 34.5 Å². The summed E-state index contributed by atoms with van der Waals surface area (Å²) < 4.78 is 0. The van der Waals surface area contributed by atoms with Crippen LogP contribution in [0.15, 0.2) is 24.7 Å². The Morgan fingerprint density at radius 3 is 2.81 bits per heavy atom. The second-order valence-electron chi connectivity index (χ2n) is 5.16. The summed E-state index contributed by atoms with van der Waals surface area (Å²) in [7, 11) is 3.50. The number of nitrogens with zero attached hydrogens (tertiary/aromatic N) is 5. The first-order valence-corrected chi connectivity index (χ1v) is 7.69. The lowest BCUT2D eigenvalue weighted by Gasteiger charge is -2.22. The number of aromatic nitrogens is 3. The molecular weight excluding hydrogens is 286 g/mol. The second kappa shape index (κ2) is 5.77. The number of carbonyl (C=O) groups excluding carboxylic acids is 1. The van der Waals surface area contributed by atoms with Crippen LogP contribution in [-0.2, 0) is 0 Å². The molecule has 3 heterocycles. The second-order valence-corrected chi connectivity index (χ2v) is 6.22. The van der Waals surface area contributed by atoms with Crippen LogP contribution in [0.2, 0.25) is 0 Å². The maximum atomic E-state index is 12.0. The predicted molar refractivity (Wildman–Crippen MR) is 81.5 cm³/mol. The van der Waals surface area contributed by atoms with Crippen LogP contribution in [0, 0.1) is 0 Å². The summed E-state index contributed by atoms with van der Waals surface area (Å²) in [6, 6.07) is 1.98. The van der Waals surface area contributed by atoms with Crippen LogP contribution >= 0.6 is 11.3 Å². The standard InChI is InChI=1S/C14H17N5OS/c1-18(2)13(20)11-9-17-12(21-11)10-5-3-8-19(10)14-15-6-4-7-16-14/h4,6-7,9-10H,3,5,8H2,1-2H3/t10-/m0/s1. The number of hydrogen-bond acceptors (Lipinski definition) is 6. The highest BCUT2D eigenvalue weighted by Gasteiger charge is 2.30. The van der Waals surface area contributed by atoms with E-state index in [4.69, 9.17) is 0 Å². The van der Waals surface area contributed by atoms with E-state index in [1.54, 1.807) is 37.6 Å². The molecule has 1 aliphatic rings. The van der Waals surface area contributed by atoms with Gasteiger partial charge in [-0.2, -0.15) is 0 Å². The molecule has 0 saturated carbocycles. The number of hydrogen-bond donors (Lipinski definition) is 0. The molecule has 1 atom stereocenters. The molecule has 0 aromatic carbocycles. The van der Waals surface area contributed by atoms with E-state index in [0.29, 0.717) is 4.88 Å². The summed E-state index contributed by atoms with van der Waals surface area (Å²) in [5.41, 5.74) is 0. The average Bonchev–Trinajstić information content (AvgIpc) is 3.16. The molecule has 6 nitrogen and oxygen atoms in total. The molecule has 0 unspecified atom stereocenters. The van der Waals surface area contributed by atoms with Gasteiger partial charge in [0.05, 0.1) is 12.2 Å². The van der Waals surface area contributed by atoms with Gasteiger partial charge in [0.25, 0.3) is 5.91 Å². The molecule has 2 aromatic heterocycles. The van der Waals surface area contributed by atoms with Crippen LogP contribution in [-0.4, -0.2) is 46.4 Å². The Morgan fingerprint density at radius 1 is 1.33 bits per heavy atom. The summed E-state index contributed by atoms with van der Waals surface area (Å²) >= 11 is 1.47. The van der Waals surface area contributed by atoms with E-state index >= 15 is 0 Å².